The molecule has 148 valence electrons. The van der Waals surface area contributed by atoms with Crippen LogP contribution in [-0.2, 0) is 18.1 Å². The van der Waals surface area contributed by atoms with Crippen molar-refractivity contribution in [3.63, 3.8) is 0 Å². The maximum absolute atomic E-state index is 12.2. The van der Waals surface area contributed by atoms with Gasteiger partial charge in [0.25, 0.3) is 0 Å². The van der Waals surface area contributed by atoms with Gasteiger partial charge < -0.3 is 0 Å². The topological polar surface area (TPSA) is 44.8 Å². The Morgan fingerprint density at radius 3 is 1.04 bits per heavy atom. The van der Waals surface area contributed by atoms with Crippen LogP contribution >= 0.6 is 7.82 Å². The average molecular weight is 367 g/mol. The maximum Gasteiger partial charge on any atom is 0.474 e. The van der Waals surface area contributed by atoms with Crippen LogP contribution in [0.15, 0.2) is 0 Å². The molecule has 0 aliphatic rings. The third kappa shape index (κ3) is 20.2. The summed E-state index contributed by atoms with van der Waals surface area (Å²) in [6.45, 7) is 12.0. The second-order valence-corrected chi connectivity index (χ2v) is 7.74. The zero-order valence-electron chi connectivity index (χ0n) is 17.0. The van der Waals surface area contributed by atoms with Crippen LogP contribution in [0, 0.1) is 0 Å². The fraction of sp³-hybridized carbons (Fsp3) is 1.00. The van der Waals surface area contributed by atoms with E-state index in [9.17, 15) is 4.57 Å². The number of rotatable bonds is 16. The molecule has 0 aliphatic carbocycles. The van der Waals surface area contributed by atoms with Crippen molar-refractivity contribution >= 4 is 7.82 Å². The first-order chi connectivity index (χ1) is 11.6. The van der Waals surface area contributed by atoms with E-state index in [0.717, 1.165) is 38.5 Å². The van der Waals surface area contributed by atoms with Crippen LogP contribution in [0.3, 0.4) is 0 Å². The summed E-state index contributed by atoms with van der Waals surface area (Å²) in [6, 6.07) is 0. The van der Waals surface area contributed by atoms with E-state index in [1.165, 1.54) is 32.1 Å². The van der Waals surface area contributed by atoms with Gasteiger partial charge in [-0.25, -0.2) is 4.57 Å². The molecule has 24 heavy (non-hydrogen) atoms. The van der Waals surface area contributed by atoms with Crippen LogP contribution in [0.5, 0.6) is 0 Å². The summed E-state index contributed by atoms with van der Waals surface area (Å²) in [4.78, 5) is 0. The smallest absolute Gasteiger partial charge is 0.287 e. The molecule has 0 atom stereocenters. The van der Waals surface area contributed by atoms with E-state index < -0.39 is 7.82 Å². The summed E-state index contributed by atoms with van der Waals surface area (Å²) in [6.07, 6.45) is 12.6. The van der Waals surface area contributed by atoms with Crippen molar-refractivity contribution < 1.29 is 18.1 Å². The lowest BCUT2D eigenvalue weighted by molar-refractivity contribution is 0.110. The van der Waals surface area contributed by atoms with Crippen molar-refractivity contribution in [3.8, 4) is 0 Å². The monoisotopic (exact) mass is 366 g/mol. The molecule has 0 saturated carbocycles. The van der Waals surface area contributed by atoms with Crippen molar-refractivity contribution in [2.45, 2.75) is 105 Å². The number of phosphoric acid groups is 1. The Kier molecular flexibility index (Phi) is 23.2. The average Bonchev–Trinajstić information content (AvgIpc) is 2.57. The van der Waals surface area contributed by atoms with E-state index >= 15 is 0 Å². The number of unbranched alkanes of at least 4 members (excludes halogenated alkanes) is 7. The van der Waals surface area contributed by atoms with Crippen LogP contribution in [-0.4, -0.2) is 19.8 Å². The van der Waals surface area contributed by atoms with Crippen LogP contribution in [0.4, 0.5) is 0 Å². The lowest BCUT2D eigenvalue weighted by Crippen LogP contribution is -2.03. The third-order valence-electron chi connectivity index (χ3n) is 3.45. The zero-order valence-corrected chi connectivity index (χ0v) is 17.9. The van der Waals surface area contributed by atoms with Gasteiger partial charge in [-0.15, -0.1) is 0 Å². The van der Waals surface area contributed by atoms with Crippen molar-refractivity contribution in [1.29, 1.82) is 0 Å². The molecule has 0 radical (unpaired) electrons. The second-order valence-electron chi connectivity index (χ2n) is 6.07. The molecule has 0 aliphatic heterocycles. The third-order valence-corrected chi connectivity index (χ3v) is 4.95. The predicted molar refractivity (Wildman–Crippen MR) is 105 cm³/mol. The van der Waals surface area contributed by atoms with E-state index in [4.69, 9.17) is 13.6 Å². The molecule has 0 N–H and O–H groups in total. The quantitative estimate of drug-likeness (QED) is 0.209. The normalized spacial score (nSPS) is 11.2. The van der Waals surface area contributed by atoms with Crippen molar-refractivity contribution in [2.24, 2.45) is 0 Å². The van der Waals surface area contributed by atoms with Gasteiger partial charge in [-0.3, -0.25) is 13.6 Å². The maximum atomic E-state index is 12.2. The molecule has 0 aromatic heterocycles. The predicted octanol–water partition coefficient (Wildman–Crippen LogP) is 7.52. The summed E-state index contributed by atoms with van der Waals surface area (Å²) in [5, 5.41) is 0. The van der Waals surface area contributed by atoms with E-state index in [1.54, 1.807) is 0 Å². The molecule has 0 bridgehead atoms. The first-order valence-corrected chi connectivity index (χ1v) is 11.6. The lowest BCUT2D eigenvalue weighted by atomic mass is 10.2. The minimum atomic E-state index is -3.31. The van der Waals surface area contributed by atoms with E-state index in [2.05, 4.69) is 34.6 Å². The zero-order chi connectivity index (χ0) is 18.5. The number of phosphoric ester groups is 1. The standard InChI is InChI=1S/C12H27O4P.C7H16/c1-4-7-10-14-17(13,15-11-8-5-2)16-12-9-6-3;1-3-5-7-6-4-2/h4-12H2,1-3H3;3-7H2,1-2H3. The Hall–Kier alpha value is 0.110. The molecule has 0 unspecified atom stereocenters. The fourth-order valence-electron chi connectivity index (χ4n) is 1.75. The Morgan fingerprint density at radius 2 is 0.792 bits per heavy atom. The largest absolute Gasteiger partial charge is 0.474 e. The van der Waals surface area contributed by atoms with E-state index in [1.807, 2.05) is 0 Å². The van der Waals surface area contributed by atoms with Crippen molar-refractivity contribution in [3.05, 3.63) is 0 Å². The molecular weight excluding hydrogens is 323 g/mol. The fourth-order valence-corrected chi connectivity index (χ4v) is 3.03. The highest BCUT2D eigenvalue weighted by molar-refractivity contribution is 7.48. The number of hydrogen-bond donors (Lipinski definition) is 0. The van der Waals surface area contributed by atoms with Gasteiger partial charge in [-0.2, -0.15) is 0 Å². The highest BCUT2D eigenvalue weighted by Crippen LogP contribution is 2.49. The molecule has 4 nitrogen and oxygen atoms in total. The Balaban J connectivity index is 0. The van der Waals surface area contributed by atoms with E-state index in [-0.39, 0.29) is 0 Å². The Labute approximate surface area is 151 Å². The summed E-state index contributed by atoms with van der Waals surface area (Å²) < 4.78 is 28.0. The van der Waals surface area contributed by atoms with Gasteiger partial charge in [-0.1, -0.05) is 86.0 Å². The Bertz CT molecular complexity index is 235. The highest BCUT2D eigenvalue weighted by Gasteiger charge is 2.25. The first-order valence-electron chi connectivity index (χ1n) is 10.1. The van der Waals surface area contributed by atoms with E-state index in [0.29, 0.717) is 19.8 Å². The summed E-state index contributed by atoms with van der Waals surface area (Å²) in [5.41, 5.74) is 0. The molecule has 0 aromatic carbocycles. The number of hydrogen-bond acceptors (Lipinski definition) is 4. The van der Waals surface area contributed by atoms with Gasteiger partial charge in [0, 0.05) is 0 Å². The summed E-state index contributed by atoms with van der Waals surface area (Å²) in [5.74, 6) is 0. The summed E-state index contributed by atoms with van der Waals surface area (Å²) >= 11 is 0. The Morgan fingerprint density at radius 1 is 0.500 bits per heavy atom. The molecule has 0 fully saturated rings. The van der Waals surface area contributed by atoms with Gasteiger partial charge >= 0.3 is 7.82 Å². The molecule has 0 saturated heterocycles. The molecule has 0 heterocycles. The van der Waals surface area contributed by atoms with Crippen LogP contribution in [0.25, 0.3) is 0 Å². The summed E-state index contributed by atoms with van der Waals surface area (Å²) in [7, 11) is -3.31. The van der Waals surface area contributed by atoms with Crippen LogP contribution < -0.4 is 0 Å². The molecule has 0 spiro atoms. The van der Waals surface area contributed by atoms with Crippen LogP contribution in [0.1, 0.15) is 105 Å². The van der Waals surface area contributed by atoms with Gasteiger partial charge in [0.2, 0.25) is 0 Å². The van der Waals surface area contributed by atoms with Gasteiger partial charge in [-0.05, 0) is 19.3 Å². The van der Waals surface area contributed by atoms with Crippen molar-refractivity contribution in [1.82, 2.24) is 0 Å². The molecule has 0 rings (SSSR count). The van der Waals surface area contributed by atoms with Gasteiger partial charge in [0.05, 0.1) is 19.8 Å². The first kappa shape index (κ1) is 26.3. The molecule has 0 amide bonds. The van der Waals surface area contributed by atoms with Crippen LogP contribution in [0.2, 0.25) is 0 Å². The minimum absolute atomic E-state index is 0.437. The molecule has 5 heteroatoms. The second kappa shape index (κ2) is 21.2. The van der Waals surface area contributed by atoms with Crippen molar-refractivity contribution in [2.75, 3.05) is 19.8 Å². The lowest BCUT2D eigenvalue weighted by Gasteiger charge is -2.17. The van der Waals surface area contributed by atoms with Gasteiger partial charge in [0.15, 0.2) is 0 Å². The van der Waals surface area contributed by atoms with Gasteiger partial charge in [0.1, 0.15) is 0 Å². The molecular formula is C19H43O4P. The minimum Gasteiger partial charge on any atom is -0.287 e. The SMILES string of the molecule is CCCCCCC.CCCCOP(=O)(OCCCC)OCCCC. The molecule has 0 aromatic rings. The highest BCUT2D eigenvalue weighted by atomic mass is 31.2.